The summed E-state index contributed by atoms with van der Waals surface area (Å²) < 4.78 is 23.0. The van der Waals surface area contributed by atoms with Crippen molar-refractivity contribution >= 4 is 9.84 Å². The second-order valence-electron chi connectivity index (χ2n) is 4.67. The highest BCUT2D eigenvalue weighted by atomic mass is 32.2. The number of rotatable bonds is 3. The van der Waals surface area contributed by atoms with Crippen molar-refractivity contribution in [3.05, 3.63) is 0 Å². The van der Waals surface area contributed by atoms with Crippen LogP contribution < -0.4 is 5.32 Å². The molecular formula is C10H19NO2S. The van der Waals surface area contributed by atoms with Crippen molar-refractivity contribution in [1.29, 1.82) is 0 Å². The molecule has 82 valence electrons. The van der Waals surface area contributed by atoms with Crippen LogP contribution in [0.25, 0.3) is 0 Å². The fourth-order valence-electron chi connectivity index (χ4n) is 2.65. The molecule has 0 aromatic carbocycles. The van der Waals surface area contributed by atoms with Crippen LogP contribution in [0, 0.1) is 11.8 Å². The number of nitrogens with one attached hydrogen (secondary N) is 1. The summed E-state index contributed by atoms with van der Waals surface area (Å²) in [6.07, 6.45) is 4.50. The van der Waals surface area contributed by atoms with Gasteiger partial charge in [-0.3, -0.25) is 0 Å². The van der Waals surface area contributed by atoms with E-state index in [0.29, 0.717) is 23.5 Å². The number of hydrogen-bond acceptors (Lipinski definition) is 3. The molecule has 0 spiro atoms. The van der Waals surface area contributed by atoms with E-state index in [4.69, 9.17) is 0 Å². The van der Waals surface area contributed by atoms with Gasteiger partial charge in [-0.2, -0.15) is 0 Å². The van der Waals surface area contributed by atoms with Gasteiger partial charge in [0, 0.05) is 6.04 Å². The minimum atomic E-state index is -2.73. The minimum absolute atomic E-state index is 0.367. The molecule has 2 unspecified atom stereocenters. The van der Waals surface area contributed by atoms with Crippen LogP contribution in [0.1, 0.15) is 25.7 Å². The van der Waals surface area contributed by atoms with E-state index in [2.05, 4.69) is 5.32 Å². The lowest BCUT2D eigenvalue weighted by molar-refractivity contribution is 0.333. The molecule has 2 fully saturated rings. The highest BCUT2D eigenvalue weighted by Gasteiger charge is 2.38. The van der Waals surface area contributed by atoms with E-state index in [-0.39, 0.29) is 0 Å². The first-order chi connectivity index (χ1) is 6.62. The zero-order valence-corrected chi connectivity index (χ0v) is 9.52. The molecule has 1 saturated heterocycles. The first kappa shape index (κ1) is 10.4. The van der Waals surface area contributed by atoms with E-state index < -0.39 is 9.84 Å². The second-order valence-corrected chi connectivity index (χ2v) is 6.90. The Morgan fingerprint density at radius 3 is 2.43 bits per heavy atom. The molecule has 1 aliphatic carbocycles. The van der Waals surface area contributed by atoms with Gasteiger partial charge < -0.3 is 5.32 Å². The predicted molar refractivity (Wildman–Crippen MR) is 56.9 cm³/mol. The molecule has 1 saturated carbocycles. The normalized spacial score (nSPS) is 33.9. The SMILES string of the molecule is CNC(C1CC1)C1CCCS(=O)(=O)C1. The average Bonchev–Trinajstić information content (AvgIpc) is 2.88. The summed E-state index contributed by atoms with van der Waals surface area (Å²) in [5, 5.41) is 3.31. The fraction of sp³-hybridized carbons (Fsp3) is 1.00. The third-order valence-corrected chi connectivity index (χ3v) is 5.32. The van der Waals surface area contributed by atoms with E-state index in [9.17, 15) is 8.42 Å². The number of hydrogen-bond donors (Lipinski definition) is 1. The van der Waals surface area contributed by atoms with Crippen LogP contribution >= 0.6 is 0 Å². The van der Waals surface area contributed by atoms with Crippen LogP contribution in [0.3, 0.4) is 0 Å². The minimum Gasteiger partial charge on any atom is -0.316 e. The smallest absolute Gasteiger partial charge is 0.150 e. The topological polar surface area (TPSA) is 46.2 Å². The Labute approximate surface area is 86.2 Å². The Bertz CT molecular complexity index is 295. The number of sulfone groups is 1. The van der Waals surface area contributed by atoms with Crippen LogP contribution in [-0.4, -0.2) is 33.0 Å². The molecule has 0 bridgehead atoms. The molecule has 4 heteroatoms. The van der Waals surface area contributed by atoms with Crippen LogP contribution in [-0.2, 0) is 9.84 Å². The molecule has 1 aliphatic heterocycles. The summed E-state index contributed by atoms with van der Waals surface area (Å²) in [6, 6.07) is 0.449. The van der Waals surface area contributed by atoms with Crippen molar-refractivity contribution in [2.45, 2.75) is 31.7 Å². The maximum atomic E-state index is 11.5. The first-order valence-electron chi connectivity index (χ1n) is 5.50. The van der Waals surface area contributed by atoms with E-state index >= 15 is 0 Å². The Kier molecular flexibility index (Phi) is 2.84. The Balaban J connectivity index is 2.01. The molecule has 2 aliphatic rings. The summed E-state index contributed by atoms with van der Waals surface area (Å²) in [7, 11) is -0.770. The van der Waals surface area contributed by atoms with Gasteiger partial charge in [0.2, 0.25) is 0 Å². The van der Waals surface area contributed by atoms with Gasteiger partial charge in [-0.25, -0.2) is 8.42 Å². The third kappa shape index (κ3) is 2.28. The third-order valence-electron chi connectivity index (χ3n) is 3.47. The van der Waals surface area contributed by atoms with E-state index in [1.807, 2.05) is 7.05 Å². The molecule has 0 aromatic heterocycles. The van der Waals surface area contributed by atoms with Crippen molar-refractivity contribution in [3.63, 3.8) is 0 Å². The highest BCUT2D eigenvalue weighted by Crippen LogP contribution is 2.38. The van der Waals surface area contributed by atoms with Gasteiger partial charge in [0.05, 0.1) is 11.5 Å². The molecule has 1 N–H and O–H groups in total. The van der Waals surface area contributed by atoms with Crippen molar-refractivity contribution in [3.8, 4) is 0 Å². The van der Waals surface area contributed by atoms with E-state index in [1.165, 1.54) is 12.8 Å². The van der Waals surface area contributed by atoms with Crippen molar-refractivity contribution in [2.75, 3.05) is 18.6 Å². The standard InChI is InChI=1S/C10H19NO2S/c1-11-10(8-4-5-8)9-3-2-6-14(12,13)7-9/h8-11H,2-7H2,1H3. The Hall–Kier alpha value is -0.0900. The monoisotopic (exact) mass is 217 g/mol. The molecule has 14 heavy (non-hydrogen) atoms. The lowest BCUT2D eigenvalue weighted by atomic mass is 9.93. The Morgan fingerprint density at radius 1 is 1.21 bits per heavy atom. The van der Waals surface area contributed by atoms with Gasteiger partial charge in [0.1, 0.15) is 0 Å². The van der Waals surface area contributed by atoms with Crippen molar-refractivity contribution in [2.24, 2.45) is 11.8 Å². The lowest BCUT2D eigenvalue weighted by Gasteiger charge is -2.29. The van der Waals surface area contributed by atoms with Crippen LogP contribution in [0.2, 0.25) is 0 Å². The fourth-order valence-corrected chi connectivity index (χ4v) is 4.45. The summed E-state index contributed by atoms with van der Waals surface area (Å²) in [6.45, 7) is 0. The zero-order chi connectivity index (χ0) is 10.2. The van der Waals surface area contributed by atoms with Crippen molar-refractivity contribution < 1.29 is 8.42 Å². The van der Waals surface area contributed by atoms with Crippen molar-refractivity contribution in [1.82, 2.24) is 5.32 Å². The summed E-state index contributed by atoms with van der Waals surface area (Å²) in [5.41, 5.74) is 0. The molecule has 0 aromatic rings. The highest BCUT2D eigenvalue weighted by molar-refractivity contribution is 7.91. The largest absolute Gasteiger partial charge is 0.316 e. The van der Waals surface area contributed by atoms with Gasteiger partial charge in [-0.15, -0.1) is 0 Å². The molecule has 1 heterocycles. The van der Waals surface area contributed by atoms with E-state index in [0.717, 1.165) is 18.8 Å². The van der Waals surface area contributed by atoms with E-state index in [1.54, 1.807) is 0 Å². The lowest BCUT2D eigenvalue weighted by Crippen LogP contribution is -2.41. The molecule has 3 nitrogen and oxygen atoms in total. The van der Waals surface area contributed by atoms with Gasteiger partial charge in [0.25, 0.3) is 0 Å². The second kappa shape index (κ2) is 3.81. The average molecular weight is 217 g/mol. The quantitative estimate of drug-likeness (QED) is 0.761. The van der Waals surface area contributed by atoms with Crippen LogP contribution in [0.15, 0.2) is 0 Å². The molecule has 0 amide bonds. The zero-order valence-electron chi connectivity index (χ0n) is 8.70. The molecule has 0 radical (unpaired) electrons. The summed E-state index contributed by atoms with van der Waals surface area (Å²) in [4.78, 5) is 0. The van der Waals surface area contributed by atoms with Crippen LogP contribution in [0.4, 0.5) is 0 Å². The summed E-state index contributed by atoms with van der Waals surface area (Å²) in [5.74, 6) is 1.93. The maximum absolute atomic E-state index is 11.5. The van der Waals surface area contributed by atoms with Crippen LogP contribution in [0.5, 0.6) is 0 Å². The molecule has 2 rings (SSSR count). The van der Waals surface area contributed by atoms with Gasteiger partial charge >= 0.3 is 0 Å². The maximum Gasteiger partial charge on any atom is 0.150 e. The first-order valence-corrected chi connectivity index (χ1v) is 7.32. The van der Waals surface area contributed by atoms with Gasteiger partial charge in [0.15, 0.2) is 9.84 Å². The molecular weight excluding hydrogens is 198 g/mol. The van der Waals surface area contributed by atoms with Gasteiger partial charge in [-0.05, 0) is 44.6 Å². The summed E-state index contributed by atoms with van der Waals surface area (Å²) >= 11 is 0. The Morgan fingerprint density at radius 2 is 1.93 bits per heavy atom. The predicted octanol–water partition coefficient (Wildman–Crippen LogP) is 0.809. The van der Waals surface area contributed by atoms with Gasteiger partial charge in [-0.1, -0.05) is 0 Å². The molecule has 2 atom stereocenters.